The molecule has 0 atom stereocenters. The Hall–Kier alpha value is -6.70. The van der Waals surface area contributed by atoms with E-state index in [2.05, 4.69) is 0 Å². The van der Waals surface area contributed by atoms with Crippen LogP contribution in [-0.4, -0.2) is 0 Å². The third kappa shape index (κ3) is 4.86. The van der Waals surface area contributed by atoms with Crippen molar-refractivity contribution in [3.8, 4) is 55.6 Å². The molecule has 0 N–H and O–H groups in total. The fourth-order valence-electron chi connectivity index (χ4n) is 7.19. The van der Waals surface area contributed by atoms with Crippen LogP contribution in [0.25, 0.3) is 99.1 Å². The van der Waals surface area contributed by atoms with Gasteiger partial charge in [0, 0.05) is 10.8 Å². The van der Waals surface area contributed by atoms with Gasteiger partial charge in [-0.2, -0.15) is 0 Å². The van der Waals surface area contributed by atoms with Crippen molar-refractivity contribution in [2.75, 3.05) is 0 Å². The standard InChI is InChI=1S/C50H32O/c1-3-14-33(15-4-1)35-26-28-36(29-27-35)38-18-7-8-19-39(38)48-40-20-9-11-22-42(40)49(43-23-12-10-21-41(43)48)45-24-13-25-46-50(45)44-31-30-37(32-47(44)51-46)34-16-5-2-6-17-34/h1-32H/i13D,24D,25D,26D,27D,28D,29D,30D,31D,32D. The van der Waals surface area contributed by atoms with Gasteiger partial charge in [-0.3, -0.25) is 0 Å². The summed E-state index contributed by atoms with van der Waals surface area (Å²) in [5.41, 5.74) is 4.34. The Kier molecular flexibility index (Phi) is 4.88. The van der Waals surface area contributed by atoms with Crippen molar-refractivity contribution in [2.45, 2.75) is 0 Å². The minimum Gasteiger partial charge on any atom is -0.456 e. The van der Waals surface area contributed by atoms with Crippen molar-refractivity contribution in [1.82, 2.24) is 0 Å². The van der Waals surface area contributed by atoms with Crippen molar-refractivity contribution >= 4 is 43.5 Å². The molecule has 0 bridgehead atoms. The Morgan fingerprint density at radius 1 is 0.333 bits per heavy atom. The fraction of sp³-hybridized carbons (Fsp3) is 0. The summed E-state index contributed by atoms with van der Waals surface area (Å²) in [7, 11) is 0. The minimum atomic E-state index is -0.390. The second-order valence-corrected chi connectivity index (χ2v) is 12.4. The molecule has 0 aliphatic heterocycles. The van der Waals surface area contributed by atoms with Gasteiger partial charge in [0.25, 0.3) is 0 Å². The van der Waals surface area contributed by atoms with Gasteiger partial charge in [-0.15, -0.1) is 0 Å². The maximum Gasteiger partial charge on any atom is 0.136 e. The van der Waals surface area contributed by atoms with Gasteiger partial charge in [0.15, 0.2) is 0 Å². The Labute approximate surface area is 310 Å². The van der Waals surface area contributed by atoms with E-state index in [0.717, 1.165) is 16.3 Å². The summed E-state index contributed by atoms with van der Waals surface area (Å²) < 4.78 is 98.5. The molecule has 0 saturated carbocycles. The average Bonchev–Trinajstić information content (AvgIpc) is 3.69. The van der Waals surface area contributed by atoms with Crippen LogP contribution < -0.4 is 0 Å². The predicted molar refractivity (Wildman–Crippen MR) is 216 cm³/mol. The van der Waals surface area contributed by atoms with E-state index >= 15 is 0 Å². The van der Waals surface area contributed by atoms with Crippen LogP contribution >= 0.6 is 0 Å². The van der Waals surface area contributed by atoms with Gasteiger partial charge in [-0.25, -0.2) is 0 Å². The van der Waals surface area contributed by atoms with Gasteiger partial charge in [0.1, 0.15) is 11.2 Å². The summed E-state index contributed by atoms with van der Waals surface area (Å²) in [6.07, 6.45) is 0. The number of hydrogen-bond acceptors (Lipinski definition) is 1. The topological polar surface area (TPSA) is 13.1 Å². The Balaban J connectivity index is 1.32. The number of rotatable bonds is 5. The normalized spacial score (nSPS) is 14.3. The van der Waals surface area contributed by atoms with Crippen molar-refractivity contribution in [1.29, 1.82) is 0 Å². The first-order valence-corrected chi connectivity index (χ1v) is 16.7. The molecule has 0 spiro atoms. The largest absolute Gasteiger partial charge is 0.456 e. The number of furan rings is 1. The first-order chi connectivity index (χ1) is 29.5. The van der Waals surface area contributed by atoms with Crippen LogP contribution in [0.2, 0.25) is 0 Å². The van der Waals surface area contributed by atoms with Gasteiger partial charge in [-0.1, -0.05) is 176 Å². The first kappa shape index (κ1) is 20.7. The molecule has 1 heterocycles. The molecule has 0 amide bonds. The SMILES string of the molecule is [2H]c1c([2H])c(-c2ccccc2-c2c3ccccc3c(-c3c([2H])c([2H])c([2H])c4oc5c([2H])c(-c6ccccc6)c([2H])c([2H])c5c34)c3ccccc23)c([2H])c([2H])c1-c1ccccc1. The summed E-state index contributed by atoms with van der Waals surface area (Å²) in [5.74, 6) is 0. The molecule has 0 saturated heterocycles. The zero-order chi connectivity index (χ0) is 42.4. The number of benzene rings is 9. The number of fused-ring (bicyclic) bond motifs is 5. The maximum atomic E-state index is 9.52. The van der Waals surface area contributed by atoms with Gasteiger partial charge in [-0.05, 0) is 95.3 Å². The molecule has 238 valence electrons. The monoisotopic (exact) mass is 658 g/mol. The number of hydrogen-bond donors (Lipinski definition) is 0. The van der Waals surface area contributed by atoms with Gasteiger partial charge < -0.3 is 4.42 Å². The molecule has 0 aliphatic rings. The lowest BCUT2D eigenvalue weighted by molar-refractivity contribution is 0.669. The van der Waals surface area contributed by atoms with E-state index < -0.39 is 0 Å². The van der Waals surface area contributed by atoms with E-state index in [1.807, 2.05) is 78.9 Å². The highest BCUT2D eigenvalue weighted by molar-refractivity contribution is 6.26. The molecule has 0 aliphatic carbocycles. The molecule has 10 rings (SSSR count). The predicted octanol–water partition coefficient (Wildman–Crippen LogP) is 14.2. The van der Waals surface area contributed by atoms with Crippen molar-refractivity contribution in [3.05, 3.63) is 194 Å². The highest BCUT2D eigenvalue weighted by Crippen LogP contribution is 2.48. The highest BCUT2D eigenvalue weighted by Gasteiger charge is 2.21. The van der Waals surface area contributed by atoms with Gasteiger partial charge in [0.05, 0.1) is 13.7 Å². The zero-order valence-corrected chi connectivity index (χ0v) is 27.1. The fourth-order valence-corrected chi connectivity index (χ4v) is 7.19. The van der Waals surface area contributed by atoms with Crippen LogP contribution in [0.5, 0.6) is 0 Å². The Bertz CT molecular complexity index is 3380. The van der Waals surface area contributed by atoms with E-state index in [9.17, 15) is 6.85 Å². The van der Waals surface area contributed by atoms with E-state index in [1.54, 1.807) is 54.6 Å². The summed E-state index contributed by atoms with van der Waals surface area (Å²) >= 11 is 0. The summed E-state index contributed by atoms with van der Waals surface area (Å²) in [5, 5.41) is 3.10. The van der Waals surface area contributed by atoms with Gasteiger partial charge in [0.2, 0.25) is 0 Å². The lowest BCUT2D eigenvalue weighted by Gasteiger charge is -2.20. The van der Waals surface area contributed by atoms with Crippen LogP contribution in [0, 0.1) is 0 Å². The van der Waals surface area contributed by atoms with E-state index in [0.29, 0.717) is 38.6 Å². The van der Waals surface area contributed by atoms with E-state index in [-0.39, 0.29) is 105 Å². The second kappa shape index (κ2) is 12.0. The average molecular weight is 659 g/mol. The highest BCUT2D eigenvalue weighted by atomic mass is 16.3. The summed E-state index contributed by atoms with van der Waals surface area (Å²) in [4.78, 5) is 0. The van der Waals surface area contributed by atoms with Crippen LogP contribution in [0.3, 0.4) is 0 Å². The molecule has 0 radical (unpaired) electrons. The van der Waals surface area contributed by atoms with E-state index in [1.165, 1.54) is 0 Å². The molecular weight excluding hydrogens is 617 g/mol. The van der Waals surface area contributed by atoms with Crippen LogP contribution in [-0.2, 0) is 0 Å². The minimum absolute atomic E-state index is 0.00744. The third-order valence-corrected chi connectivity index (χ3v) is 9.47. The van der Waals surface area contributed by atoms with Crippen molar-refractivity contribution in [3.63, 3.8) is 0 Å². The second-order valence-electron chi connectivity index (χ2n) is 12.4. The molecule has 10 aromatic rings. The zero-order valence-electron chi connectivity index (χ0n) is 37.1. The molecule has 1 heteroatoms. The summed E-state index contributed by atoms with van der Waals surface area (Å²) in [6, 6.07) is 38.2. The van der Waals surface area contributed by atoms with E-state index in [4.69, 9.17) is 11.3 Å². The lowest BCUT2D eigenvalue weighted by Crippen LogP contribution is -1.93. The molecule has 51 heavy (non-hydrogen) atoms. The van der Waals surface area contributed by atoms with Crippen LogP contribution in [0.15, 0.2) is 198 Å². The lowest BCUT2D eigenvalue weighted by atomic mass is 9.83. The van der Waals surface area contributed by atoms with Crippen LogP contribution in [0.1, 0.15) is 13.7 Å². The van der Waals surface area contributed by atoms with Gasteiger partial charge >= 0.3 is 0 Å². The summed E-state index contributed by atoms with van der Waals surface area (Å²) in [6.45, 7) is 0. The molecular formula is C50H32O. The molecule has 1 aromatic heterocycles. The third-order valence-electron chi connectivity index (χ3n) is 9.47. The first-order valence-electron chi connectivity index (χ1n) is 21.7. The Morgan fingerprint density at radius 2 is 0.824 bits per heavy atom. The molecule has 0 fully saturated rings. The molecule has 9 aromatic carbocycles. The Morgan fingerprint density at radius 3 is 1.45 bits per heavy atom. The molecule has 1 nitrogen and oxygen atoms in total. The van der Waals surface area contributed by atoms with Crippen molar-refractivity contribution < 1.29 is 18.1 Å². The molecule has 0 unspecified atom stereocenters. The van der Waals surface area contributed by atoms with Crippen molar-refractivity contribution in [2.24, 2.45) is 0 Å². The quantitative estimate of drug-likeness (QED) is 0.168. The maximum absolute atomic E-state index is 9.52. The van der Waals surface area contributed by atoms with Crippen LogP contribution in [0.4, 0.5) is 0 Å². The smallest absolute Gasteiger partial charge is 0.136 e.